The van der Waals surface area contributed by atoms with Gasteiger partial charge in [0, 0.05) is 20.1 Å². The van der Waals surface area contributed by atoms with Crippen LogP contribution in [0.1, 0.15) is 31.5 Å². The Labute approximate surface area is 95.6 Å². The van der Waals surface area contributed by atoms with Crippen LogP contribution in [0, 0.1) is 0 Å². The van der Waals surface area contributed by atoms with Crippen LogP contribution in [-0.2, 0) is 16.6 Å². The average molecular weight is 225 g/mol. The van der Waals surface area contributed by atoms with E-state index < -0.39 is 0 Å². The lowest BCUT2D eigenvalue weighted by Gasteiger charge is -2.30. The van der Waals surface area contributed by atoms with Crippen molar-refractivity contribution in [2.45, 2.75) is 31.6 Å². The molecule has 90 valence electrons. The zero-order valence-electron chi connectivity index (χ0n) is 9.95. The summed E-state index contributed by atoms with van der Waals surface area (Å²) in [6.07, 6.45) is 2.97. The monoisotopic (exact) mass is 225 g/mol. The Hall–Kier alpha value is -0.940. The van der Waals surface area contributed by atoms with Crippen LogP contribution >= 0.6 is 0 Å². The van der Waals surface area contributed by atoms with Crippen LogP contribution in [0.25, 0.3) is 0 Å². The molecule has 1 aromatic rings. The van der Waals surface area contributed by atoms with Crippen molar-refractivity contribution in [1.82, 2.24) is 15.5 Å². The maximum Gasteiger partial charge on any atom is 0.233 e. The molecule has 2 heterocycles. The van der Waals surface area contributed by atoms with Gasteiger partial charge in [0.05, 0.1) is 12.0 Å². The molecule has 0 spiro atoms. The van der Waals surface area contributed by atoms with Crippen molar-refractivity contribution in [2.24, 2.45) is 0 Å². The maximum atomic E-state index is 5.35. The molecule has 1 aliphatic rings. The topological polar surface area (TPSA) is 60.2 Å². The fourth-order valence-electron chi connectivity index (χ4n) is 2.03. The zero-order chi connectivity index (χ0) is 11.4. The van der Waals surface area contributed by atoms with E-state index in [2.05, 4.69) is 22.4 Å². The number of aromatic nitrogens is 2. The van der Waals surface area contributed by atoms with Crippen LogP contribution in [-0.4, -0.2) is 36.9 Å². The molecule has 0 radical (unpaired) electrons. The Morgan fingerprint density at radius 3 is 3.12 bits per heavy atom. The number of methoxy groups -OCH3 is 1. The van der Waals surface area contributed by atoms with Crippen LogP contribution in [0.15, 0.2) is 4.52 Å². The molecule has 2 rings (SSSR count). The molecule has 5 nitrogen and oxygen atoms in total. The summed E-state index contributed by atoms with van der Waals surface area (Å²) < 4.78 is 10.3. The Kier molecular flexibility index (Phi) is 3.56. The van der Waals surface area contributed by atoms with Gasteiger partial charge in [-0.05, 0) is 26.3 Å². The molecule has 1 saturated heterocycles. The van der Waals surface area contributed by atoms with Crippen molar-refractivity contribution < 1.29 is 9.26 Å². The molecule has 1 atom stereocenters. The van der Waals surface area contributed by atoms with Gasteiger partial charge in [-0.25, -0.2) is 0 Å². The summed E-state index contributed by atoms with van der Waals surface area (Å²) in [5.41, 5.74) is -0.00340. The molecule has 0 bridgehead atoms. The largest absolute Gasteiger partial charge is 0.384 e. The van der Waals surface area contributed by atoms with E-state index in [4.69, 9.17) is 9.26 Å². The van der Waals surface area contributed by atoms with Gasteiger partial charge in [-0.3, -0.25) is 0 Å². The van der Waals surface area contributed by atoms with Crippen molar-refractivity contribution in [3.8, 4) is 0 Å². The predicted octanol–water partition coefficient (Wildman–Crippen LogP) is 0.900. The molecule has 1 aliphatic heterocycles. The number of piperidine rings is 1. The lowest BCUT2D eigenvalue weighted by molar-refractivity contribution is 0.199. The molecule has 1 N–H and O–H groups in total. The minimum Gasteiger partial charge on any atom is -0.384 e. The highest BCUT2D eigenvalue weighted by atomic mass is 16.5. The highest BCUT2D eigenvalue weighted by Gasteiger charge is 2.34. The van der Waals surface area contributed by atoms with Crippen LogP contribution in [0.5, 0.6) is 0 Å². The van der Waals surface area contributed by atoms with Gasteiger partial charge >= 0.3 is 0 Å². The third kappa shape index (κ3) is 2.41. The number of ether oxygens (including phenoxy) is 1. The molecule has 1 unspecified atom stereocenters. The Bertz CT molecular complexity index is 332. The van der Waals surface area contributed by atoms with E-state index in [0.29, 0.717) is 13.0 Å². The smallest absolute Gasteiger partial charge is 0.233 e. The van der Waals surface area contributed by atoms with E-state index >= 15 is 0 Å². The normalized spacial score (nSPS) is 25.9. The van der Waals surface area contributed by atoms with Crippen LogP contribution in [0.2, 0.25) is 0 Å². The van der Waals surface area contributed by atoms with E-state index in [1.54, 1.807) is 7.11 Å². The Morgan fingerprint density at radius 2 is 2.44 bits per heavy atom. The highest BCUT2D eigenvalue weighted by Crippen LogP contribution is 2.29. The second-order valence-electron chi connectivity index (χ2n) is 4.60. The van der Waals surface area contributed by atoms with E-state index in [0.717, 1.165) is 37.6 Å². The first-order chi connectivity index (χ1) is 7.74. The number of nitrogens with one attached hydrogen (secondary N) is 1. The number of hydrogen-bond donors (Lipinski definition) is 1. The first kappa shape index (κ1) is 11.5. The Morgan fingerprint density at radius 1 is 1.56 bits per heavy atom. The molecule has 1 aromatic heterocycles. The molecule has 0 amide bonds. The second kappa shape index (κ2) is 4.93. The van der Waals surface area contributed by atoms with Gasteiger partial charge in [0.2, 0.25) is 5.89 Å². The lowest BCUT2D eigenvalue weighted by Crippen LogP contribution is -2.41. The van der Waals surface area contributed by atoms with Crippen LogP contribution in [0.3, 0.4) is 0 Å². The predicted molar refractivity (Wildman–Crippen MR) is 59.3 cm³/mol. The van der Waals surface area contributed by atoms with Gasteiger partial charge < -0.3 is 14.6 Å². The first-order valence-electron chi connectivity index (χ1n) is 5.77. The fourth-order valence-corrected chi connectivity index (χ4v) is 2.03. The fraction of sp³-hybridized carbons (Fsp3) is 0.818. The summed E-state index contributed by atoms with van der Waals surface area (Å²) in [5, 5.41) is 7.35. The highest BCUT2D eigenvalue weighted by molar-refractivity contribution is 5.06. The Balaban J connectivity index is 2.05. The van der Waals surface area contributed by atoms with Gasteiger partial charge in [0.25, 0.3) is 0 Å². The summed E-state index contributed by atoms with van der Waals surface area (Å²) >= 11 is 0. The van der Waals surface area contributed by atoms with Gasteiger partial charge in [-0.2, -0.15) is 4.98 Å². The minimum atomic E-state index is -0.00340. The lowest BCUT2D eigenvalue weighted by atomic mass is 9.83. The van der Waals surface area contributed by atoms with Crippen LogP contribution in [0.4, 0.5) is 0 Å². The van der Waals surface area contributed by atoms with Crippen molar-refractivity contribution in [3.05, 3.63) is 11.7 Å². The van der Waals surface area contributed by atoms with Crippen LogP contribution < -0.4 is 5.32 Å². The quantitative estimate of drug-likeness (QED) is 0.825. The van der Waals surface area contributed by atoms with Gasteiger partial charge in [-0.1, -0.05) is 5.16 Å². The molecule has 16 heavy (non-hydrogen) atoms. The third-order valence-electron chi connectivity index (χ3n) is 3.11. The summed E-state index contributed by atoms with van der Waals surface area (Å²) in [6.45, 7) is 4.81. The third-order valence-corrected chi connectivity index (χ3v) is 3.11. The SMILES string of the molecule is COCCc1noc(C2(C)CCCNC2)n1. The van der Waals surface area contributed by atoms with Crippen molar-refractivity contribution in [3.63, 3.8) is 0 Å². The summed E-state index contributed by atoms with van der Waals surface area (Å²) in [5.74, 6) is 1.49. The number of rotatable bonds is 4. The molecule has 1 fully saturated rings. The molecular formula is C11H19N3O2. The van der Waals surface area contributed by atoms with Crippen molar-refractivity contribution in [2.75, 3.05) is 26.8 Å². The van der Waals surface area contributed by atoms with Gasteiger partial charge in [0.1, 0.15) is 0 Å². The van der Waals surface area contributed by atoms with E-state index in [1.807, 2.05) is 0 Å². The van der Waals surface area contributed by atoms with Crippen molar-refractivity contribution >= 4 is 0 Å². The molecular weight excluding hydrogens is 206 g/mol. The molecule has 0 aromatic carbocycles. The minimum absolute atomic E-state index is 0.00340. The maximum absolute atomic E-state index is 5.35. The summed E-state index contributed by atoms with van der Waals surface area (Å²) in [6, 6.07) is 0. The van der Waals surface area contributed by atoms with E-state index in [1.165, 1.54) is 0 Å². The zero-order valence-corrected chi connectivity index (χ0v) is 9.95. The number of nitrogens with zero attached hydrogens (tertiary/aromatic N) is 2. The van der Waals surface area contributed by atoms with Crippen molar-refractivity contribution in [1.29, 1.82) is 0 Å². The van der Waals surface area contributed by atoms with E-state index in [-0.39, 0.29) is 5.41 Å². The first-order valence-corrected chi connectivity index (χ1v) is 5.77. The molecule has 5 heteroatoms. The molecule has 0 saturated carbocycles. The van der Waals surface area contributed by atoms with E-state index in [9.17, 15) is 0 Å². The van der Waals surface area contributed by atoms with Gasteiger partial charge in [0.15, 0.2) is 5.82 Å². The molecule has 0 aliphatic carbocycles. The van der Waals surface area contributed by atoms with Gasteiger partial charge in [-0.15, -0.1) is 0 Å². The second-order valence-corrected chi connectivity index (χ2v) is 4.60. The standard InChI is InChI=1S/C11H19N3O2/c1-11(5-3-6-12-8-11)10-13-9(14-16-10)4-7-15-2/h12H,3-8H2,1-2H3. The number of hydrogen-bond acceptors (Lipinski definition) is 5. The summed E-state index contributed by atoms with van der Waals surface area (Å²) in [7, 11) is 1.67. The summed E-state index contributed by atoms with van der Waals surface area (Å²) in [4.78, 5) is 4.45. The average Bonchev–Trinajstić information content (AvgIpc) is 2.77.